The smallest absolute Gasteiger partial charge is 1.00 e. The first-order valence-electron chi connectivity index (χ1n) is 12.0. The quantitative estimate of drug-likeness (QED) is 0.0974. The first-order valence-corrected chi connectivity index (χ1v) is 12.0. The molecular formula is C30H37Cl2N3O5Pt. The topological polar surface area (TPSA) is 109 Å². The van der Waals surface area contributed by atoms with Crippen LogP contribution in [0.25, 0.3) is 33.4 Å². The van der Waals surface area contributed by atoms with E-state index >= 15 is 0 Å². The van der Waals surface area contributed by atoms with E-state index in [2.05, 4.69) is 73.6 Å². The van der Waals surface area contributed by atoms with Crippen LogP contribution in [0.15, 0.2) is 70.4 Å². The van der Waals surface area contributed by atoms with Crippen LogP contribution < -0.4 is 39.6 Å². The number of anilines is 1. The van der Waals surface area contributed by atoms with Gasteiger partial charge in [-0.05, 0) is 57.5 Å². The molecule has 2 aliphatic rings. The van der Waals surface area contributed by atoms with Crippen molar-refractivity contribution in [2.45, 2.75) is 27.7 Å². The third kappa shape index (κ3) is 9.29. The van der Waals surface area contributed by atoms with Crippen LogP contribution in [0.1, 0.15) is 38.1 Å². The van der Waals surface area contributed by atoms with Gasteiger partial charge in [-0.2, -0.15) is 0 Å². The minimum atomic E-state index is -0.938. The second-order valence-corrected chi connectivity index (χ2v) is 8.11. The molecule has 0 saturated carbocycles. The molecule has 11 heteroatoms. The maximum Gasteiger partial charge on any atom is 4.00 e. The summed E-state index contributed by atoms with van der Waals surface area (Å²) in [5.41, 5.74) is 4.62. The number of carboxylic acid groups (broad SMARTS) is 1. The Labute approximate surface area is 269 Å². The molecule has 0 atom stereocenters. The number of halogens is 2. The predicted molar refractivity (Wildman–Crippen MR) is 157 cm³/mol. The van der Waals surface area contributed by atoms with Crippen LogP contribution in [0.4, 0.5) is 5.69 Å². The predicted octanol–water partition coefficient (Wildman–Crippen LogP) is 0.718. The van der Waals surface area contributed by atoms with Gasteiger partial charge in [-0.3, -0.25) is 0 Å². The van der Waals surface area contributed by atoms with Gasteiger partial charge in [0.05, 0.1) is 11.6 Å². The second kappa shape index (κ2) is 20.0. The number of benzene rings is 3. The molecule has 0 fully saturated rings. The number of aromatic carboxylic acids is 1. The molecule has 2 aromatic carbocycles. The van der Waals surface area contributed by atoms with Crippen molar-refractivity contribution in [3.8, 4) is 22.5 Å². The number of hydrogen-bond donors (Lipinski definition) is 1. The molecule has 0 bridgehead atoms. The van der Waals surface area contributed by atoms with Crippen molar-refractivity contribution < 1.29 is 60.2 Å². The second-order valence-electron chi connectivity index (χ2n) is 8.11. The van der Waals surface area contributed by atoms with Gasteiger partial charge in [-0.1, -0.05) is 18.2 Å². The molecule has 8 nitrogen and oxygen atoms in total. The minimum absolute atomic E-state index is 0. The van der Waals surface area contributed by atoms with Crippen LogP contribution in [0.3, 0.4) is 0 Å². The fraction of sp³-hybridized carbons (Fsp3) is 0.267. The molecular weight excluding hydrogens is 748 g/mol. The Bertz CT molecular complexity index is 1420. The Hall–Kier alpha value is -2.93. The number of carboxylic acids is 1. The summed E-state index contributed by atoms with van der Waals surface area (Å²) in [7, 11) is 0. The number of fused-ring (bicyclic) bond motifs is 2. The molecule has 1 heterocycles. The Morgan fingerprint density at radius 2 is 1.51 bits per heavy atom. The summed E-state index contributed by atoms with van der Waals surface area (Å²) in [6.07, 6.45) is 0. The third-order valence-electron chi connectivity index (χ3n) is 6.37. The van der Waals surface area contributed by atoms with Gasteiger partial charge in [0.25, 0.3) is 0 Å². The summed E-state index contributed by atoms with van der Waals surface area (Å²) in [6, 6.07) is 19.6. The summed E-state index contributed by atoms with van der Waals surface area (Å²) in [5, 5.41) is 20.9. The third-order valence-corrected chi connectivity index (χ3v) is 6.37. The molecule has 41 heavy (non-hydrogen) atoms. The van der Waals surface area contributed by atoms with Gasteiger partial charge in [-0.25, -0.2) is 9.37 Å². The summed E-state index contributed by atoms with van der Waals surface area (Å²) in [4.78, 5) is 22.3. The van der Waals surface area contributed by atoms with Crippen LogP contribution in [0.2, 0.25) is 0 Å². The van der Waals surface area contributed by atoms with Crippen molar-refractivity contribution in [1.82, 2.24) is 4.58 Å². The van der Waals surface area contributed by atoms with Gasteiger partial charge in [0.2, 0.25) is 5.36 Å². The summed E-state index contributed by atoms with van der Waals surface area (Å²) in [5.74, 6) is -0.189. The Balaban J connectivity index is -0.00000173. The first kappa shape index (κ1) is 42.5. The maximum absolute atomic E-state index is 12.1. The molecule has 2 aromatic rings. The average Bonchev–Trinajstić information content (AvgIpc) is 2.89. The monoisotopic (exact) mass is 784 g/mol. The van der Waals surface area contributed by atoms with E-state index in [4.69, 9.17) is 14.5 Å². The SMILES string of the molecule is CCN(CC)c1ccc2c(-c3ccccc3C(=O)O)c3ccc(=[N+](CC)CC)cc-3oc2c1.O=N[O-].[CH3-].[CH3-].[Cl-].[Cl-].[Pt+4]. The molecule has 0 spiro atoms. The molecule has 0 saturated heterocycles. The number of carbonyl (C=O) groups is 1. The van der Waals surface area contributed by atoms with E-state index in [0.29, 0.717) is 5.56 Å². The Kier molecular flexibility index (Phi) is 20.8. The van der Waals surface area contributed by atoms with Gasteiger partial charge in [0.15, 0.2) is 0 Å². The normalized spacial score (nSPS) is 9.27. The van der Waals surface area contributed by atoms with Gasteiger partial charge in [0.1, 0.15) is 24.4 Å². The van der Waals surface area contributed by atoms with E-state index in [9.17, 15) is 9.90 Å². The fourth-order valence-electron chi connectivity index (χ4n) is 4.62. The Morgan fingerprint density at radius 1 is 0.927 bits per heavy atom. The summed E-state index contributed by atoms with van der Waals surface area (Å²) in [6.45, 7) is 12.1. The largest absolute Gasteiger partial charge is 4.00 e. The molecule has 1 N–H and O–H groups in total. The van der Waals surface area contributed by atoms with Crippen LogP contribution in [0.5, 0.6) is 0 Å². The molecule has 0 amide bonds. The number of hydrogen-bond acceptors (Lipinski definition) is 6. The van der Waals surface area contributed by atoms with Crippen LogP contribution >= 0.6 is 0 Å². The van der Waals surface area contributed by atoms with Crippen molar-refractivity contribution >= 4 is 22.6 Å². The molecule has 1 aliphatic heterocycles. The average molecular weight is 786 g/mol. The molecule has 1 aliphatic carbocycles. The van der Waals surface area contributed by atoms with E-state index in [1.165, 1.54) is 0 Å². The van der Waals surface area contributed by atoms with Crippen molar-refractivity contribution in [2.24, 2.45) is 5.34 Å². The standard InChI is InChI=1S/C28H30N2O3.2CH3.2ClH.HNO2.Pt/c1-5-29(6-2)19-13-15-23-25(17-19)33-26-18-20(30(7-3)8-4)14-16-24(26)27(23)21-11-9-10-12-22(21)28(31)32;;;;;2-1-3;/h9-18H,5-8H2,1-4H3;2*1H3;2*1H;(H,2,3);/q;2*-1;;;;+4/p-2. The van der Waals surface area contributed by atoms with Crippen molar-refractivity contribution in [3.63, 3.8) is 0 Å². The van der Waals surface area contributed by atoms with Gasteiger partial charge in [-0.15, -0.1) is 5.34 Å². The van der Waals surface area contributed by atoms with Crippen molar-refractivity contribution in [1.29, 1.82) is 0 Å². The van der Waals surface area contributed by atoms with E-state index in [-0.39, 0.29) is 66.3 Å². The Morgan fingerprint density at radius 3 is 2.05 bits per heavy atom. The zero-order valence-corrected chi connectivity index (χ0v) is 27.9. The van der Waals surface area contributed by atoms with Crippen LogP contribution in [-0.2, 0) is 21.1 Å². The summed E-state index contributed by atoms with van der Waals surface area (Å²) < 4.78 is 8.74. The van der Waals surface area contributed by atoms with E-state index in [1.807, 2.05) is 12.1 Å². The van der Waals surface area contributed by atoms with Gasteiger partial charge >= 0.3 is 27.0 Å². The molecule has 226 valence electrons. The minimum Gasteiger partial charge on any atom is -1.00 e. The summed E-state index contributed by atoms with van der Waals surface area (Å²) >= 11 is 0. The maximum atomic E-state index is 12.1. The van der Waals surface area contributed by atoms with E-state index in [0.717, 1.165) is 70.4 Å². The van der Waals surface area contributed by atoms with E-state index < -0.39 is 5.97 Å². The number of nitrogens with zero attached hydrogens (tertiary/aromatic N) is 3. The van der Waals surface area contributed by atoms with E-state index in [1.54, 1.807) is 12.1 Å². The molecule has 0 radical (unpaired) electrons. The zero-order chi connectivity index (χ0) is 26.2. The zero-order valence-electron chi connectivity index (χ0n) is 24.1. The van der Waals surface area contributed by atoms with Crippen molar-refractivity contribution in [2.75, 3.05) is 31.1 Å². The van der Waals surface area contributed by atoms with Crippen molar-refractivity contribution in [3.05, 3.63) is 96.6 Å². The first-order chi connectivity index (χ1) is 17.4. The molecule has 4 rings (SSSR count). The number of rotatable bonds is 7. The van der Waals surface area contributed by atoms with Crippen LogP contribution in [0, 0.1) is 25.0 Å². The van der Waals surface area contributed by atoms with Gasteiger partial charge in [0, 0.05) is 47.4 Å². The molecule has 0 unspecified atom stereocenters. The van der Waals surface area contributed by atoms with Gasteiger partial charge < -0.3 is 64.2 Å². The molecule has 0 aromatic heterocycles. The fourth-order valence-corrected chi connectivity index (χ4v) is 4.62. The van der Waals surface area contributed by atoms with Crippen LogP contribution in [-0.4, -0.2) is 37.3 Å².